The molecular formula is C25H31N3O3. The van der Waals surface area contributed by atoms with E-state index in [0.717, 1.165) is 28.3 Å². The Morgan fingerprint density at radius 1 is 1.03 bits per heavy atom. The van der Waals surface area contributed by atoms with Gasteiger partial charge in [-0.05, 0) is 29.5 Å². The van der Waals surface area contributed by atoms with Crippen LogP contribution >= 0.6 is 0 Å². The molecule has 2 aromatic rings. The van der Waals surface area contributed by atoms with Crippen LogP contribution in [0.3, 0.4) is 0 Å². The number of amides is 2. The second-order valence-electron chi connectivity index (χ2n) is 8.66. The molecule has 6 nitrogen and oxygen atoms in total. The molecule has 164 valence electrons. The van der Waals surface area contributed by atoms with E-state index in [1.807, 2.05) is 54.6 Å². The number of fused-ring (bicyclic) bond motifs is 1. The van der Waals surface area contributed by atoms with Gasteiger partial charge in [0, 0.05) is 19.2 Å². The minimum absolute atomic E-state index is 0.200. The summed E-state index contributed by atoms with van der Waals surface area (Å²) in [4.78, 5) is 27.5. The van der Waals surface area contributed by atoms with E-state index < -0.39 is 12.2 Å². The first-order valence-corrected chi connectivity index (χ1v) is 11.2. The van der Waals surface area contributed by atoms with Crippen LogP contribution < -0.4 is 10.2 Å². The highest BCUT2D eigenvalue weighted by Crippen LogP contribution is 2.37. The van der Waals surface area contributed by atoms with Gasteiger partial charge in [-0.1, -0.05) is 80.6 Å². The molecule has 4 rings (SSSR count). The fraction of sp³-hybridized carbons (Fsp3) is 0.440. The van der Waals surface area contributed by atoms with Gasteiger partial charge in [-0.3, -0.25) is 9.59 Å². The van der Waals surface area contributed by atoms with E-state index in [0.29, 0.717) is 12.3 Å². The predicted octanol–water partition coefficient (Wildman–Crippen LogP) is 4.25. The topological polar surface area (TPSA) is 72.9 Å². The lowest BCUT2D eigenvalue weighted by molar-refractivity contribution is -0.173. The lowest BCUT2D eigenvalue weighted by Crippen LogP contribution is -2.55. The van der Waals surface area contributed by atoms with Crippen LogP contribution in [0.15, 0.2) is 54.6 Å². The minimum Gasteiger partial charge on any atom is -0.331 e. The molecule has 2 aromatic carbocycles. The maximum atomic E-state index is 13.2. The van der Waals surface area contributed by atoms with Crippen LogP contribution in [0.1, 0.15) is 62.1 Å². The van der Waals surface area contributed by atoms with E-state index in [1.54, 1.807) is 7.05 Å². The van der Waals surface area contributed by atoms with Crippen molar-refractivity contribution < 1.29 is 14.8 Å². The number of nitrogens with one attached hydrogen (secondary N) is 1. The summed E-state index contributed by atoms with van der Waals surface area (Å²) in [6.45, 7) is 0. The Morgan fingerprint density at radius 3 is 2.45 bits per heavy atom. The lowest BCUT2D eigenvalue weighted by Gasteiger charge is -2.31. The van der Waals surface area contributed by atoms with Gasteiger partial charge < -0.3 is 15.4 Å². The van der Waals surface area contributed by atoms with Crippen LogP contribution in [-0.4, -0.2) is 35.3 Å². The number of para-hydroxylation sites is 1. The Morgan fingerprint density at radius 2 is 1.71 bits per heavy atom. The summed E-state index contributed by atoms with van der Waals surface area (Å²) in [7, 11) is 1.68. The van der Waals surface area contributed by atoms with Crippen molar-refractivity contribution in [1.82, 2.24) is 10.4 Å². The first kappa shape index (κ1) is 21.5. The molecule has 1 heterocycles. The minimum atomic E-state index is -1.15. The number of likely N-dealkylation sites (N-methyl/N-ethyl adjacent to an activating group) is 1. The molecule has 0 spiro atoms. The number of nitrogens with zero attached hydrogens (tertiary/aromatic N) is 2. The fourth-order valence-corrected chi connectivity index (χ4v) is 4.86. The van der Waals surface area contributed by atoms with Crippen LogP contribution in [0.25, 0.3) is 0 Å². The van der Waals surface area contributed by atoms with Gasteiger partial charge in [-0.2, -0.15) is 0 Å². The molecule has 0 bridgehead atoms. The summed E-state index contributed by atoms with van der Waals surface area (Å²) in [6, 6.07) is 16.5. The lowest BCUT2D eigenvalue weighted by atomic mass is 9.86. The largest absolute Gasteiger partial charge is 0.331 e. The van der Waals surface area contributed by atoms with Gasteiger partial charge in [0.2, 0.25) is 5.91 Å². The average Bonchev–Trinajstić information content (AvgIpc) is 2.88. The molecule has 2 amide bonds. The highest BCUT2D eigenvalue weighted by molar-refractivity contribution is 6.00. The summed E-state index contributed by atoms with van der Waals surface area (Å²) < 4.78 is 0. The Labute approximate surface area is 183 Å². The molecule has 31 heavy (non-hydrogen) atoms. The quantitative estimate of drug-likeness (QED) is 0.757. The second kappa shape index (κ2) is 9.62. The van der Waals surface area contributed by atoms with Crippen molar-refractivity contribution in [3.8, 4) is 0 Å². The van der Waals surface area contributed by atoms with Crippen molar-refractivity contribution in [2.45, 2.75) is 57.2 Å². The zero-order valence-electron chi connectivity index (χ0n) is 18.0. The fourth-order valence-electron chi connectivity index (χ4n) is 4.86. The van der Waals surface area contributed by atoms with Crippen molar-refractivity contribution >= 4 is 17.5 Å². The monoisotopic (exact) mass is 421 g/mol. The van der Waals surface area contributed by atoms with Crippen molar-refractivity contribution in [3.63, 3.8) is 0 Å². The second-order valence-corrected chi connectivity index (χ2v) is 8.66. The van der Waals surface area contributed by atoms with Gasteiger partial charge in [0.05, 0.1) is 6.04 Å². The Bertz CT molecular complexity index is 911. The molecule has 1 aliphatic heterocycles. The number of carbonyl (C=O) groups is 2. The molecule has 1 saturated carbocycles. The molecule has 1 fully saturated rings. The van der Waals surface area contributed by atoms with Gasteiger partial charge in [-0.15, -0.1) is 5.06 Å². The Kier molecular flexibility index (Phi) is 6.68. The first-order chi connectivity index (χ1) is 15.1. The molecule has 0 saturated heterocycles. The van der Waals surface area contributed by atoms with Gasteiger partial charge >= 0.3 is 0 Å². The van der Waals surface area contributed by atoms with E-state index in [2.05, 4.69) is 5.32 Å². The first-order valence-electron chi connectivity index (χ1n) is 11.2. The maximum Gasteiger partial charge on any atom is 0.266 e. The highest BCUT2D eigenvalue weighted by Gasteiger charge is 2.40. The molecule has 6 heteroatoms. The molecule has 2 unspecified atom stereocenters. The summed E-state index contributed by atoms with van der Waals surface area (Å²) in [6.07, 6.45) is 6.16. The van der Waals surface area contributed by atoms with Crippen LogP contribution in [-0.2, 0) is 9.59 Å². The summed E-state index contributed by atoms with van der Waals surface area (Å²) >= 11 is 0. The van der Waals surface area contributed by atoms with Gasteiger partial charge in [0.15, 0.2) is 6.17 Å². The molecular weight excluding hydrogens is 390 g/mol. The number of carbonyl (C=O) groups excluding carboxylic acids is 2. The SMILES string of the molecule is CN1C(=O)C(NC(=O)CCC2CCCCC2)N(O)C(c2ccccc2)c2ccccc21. The zero-order chi connectivity index (χ0) is 21.8. The highest BCUT2D eigenvalue weighted by atomic mass is 16.5. The third kappa shape index (κ3) is 4.65. The van der Waals surface area contributed by atoms with Crippen LogP contribution in [0, 0.1) is 5.92 Å². The van der Waals surface area contributed by atoms with Crippen molar-refractivity contribution in [2.24, 2.45) is 5.92 Å². The van der Waals surface area contributed by atoms with Gasteiger partial charge in [0.25, 0.3) is 5.91 Å². The third-order valence-corrected chi connectivity index (χ3v) is 6.60. The van der Waals surface area contributed by atoms with E-state index in [9.17, 15) is 14.8 Å². The smallest absolute Gasteiger partial charge is 0.266 e. The number of anilines is 1. The van der Waals surface area contributed by atoms with E-state index in [4.69, 9.17) is 0 Å². The third-order valence-electron chi connectivity index (χ3n) is 6.60. The molecule has 2 atom stereocenters. The normalized spacial score (nSPS) is 22.6. The van der Waals surface area contributed by atoms with Crippen molar-refractivity contribution in [3.05, 3.63) is 65.7 Å². The summed E-state index contributed by atoms with van der Waals surface area (Å²) in [5.41, 5.74) is 2.38. The molecule has 0 radical (unpaired) electrons. The number of benzene rings is 2. The van der Waals surface area contributed by atoms with Gasteiger partial charge in [-0.25, -0.2) is 0 Å². The summed E-state index contributed by atoms with van der Waals surface area (Å²) in [5.74, 6) is 0.0205. The van der Waals surface area contributed by atoms with Crippen LogP contribution in [0.4, 0.5) is 5.69 Å². The van der Waals surface area contributed by atoms with E-state index >= 15 is 0 Å². The van der Waals surface area contributed by atoms with Crippen LogP contribution in [0.2, 0.25) is 0 Å². The predicted molar refractivity (Wildman–Crippen MR) is 120 cm³/mol. The number of hydrogen-bond donors (Lipinski definition) is 2. The van der Waals surface area contributed by atoms with Crippen LogP contribution in [0.5, 0.6) is 0 Å². The Balaban J connectivity index is 1.58. The van der Waals surface area contributed by atoms with Crippen molar-refractivity contribution in [2.75, 3.05) is 11.9 Å². The summed E-state index contributed by atoms with van der Waals surface area (Å²) in [5, 5.41) is 15.0. The number of rotatable bonds is 5. The van der Waals surface area contributed by atoms with Crippen molar-refractivity contribution in [1.29, 1.82) is 0 Å². The van der Waals surface area contributed by atoms with E-state index in [-0.39, 0.29) is 11.8 Å². The molecule has 2 N–H and O–H groups in total. The Hall–Kier alpha value is -2.70. The average molecular weight is 422 g/mol. The molecule has 0 aromatic heterocycles. The standard InChI is InChI=1S/C25H31N3O3/c1-27-21-15-9-8-14-20(21)23(19-12-6-3-7-13-19)28(31)24(25(27)30)26-22(29)17-16-18-10-4-2-5-11-18/h3,6-9,12-15,18,23-24,31H,2,4-5,10-11,16-17H2,1H3,(H,26,29). The maximum absolute atomic E-state index is 13.2. The van der Waals surface area contributed by atoms with Gasteiger partial charge in [0.1, 0.15) is 0 Å². The number of hydrogen-bond acceptors (Lipinski definition) is 4. The number of hydroxylamine groups is 2. The molecule has 1 aliphatic carbocycles. The zero-order valence-corrected chi connectivity index (χ0v) is 18.0. The molecule has 2 aliphatic rings. The van der Waals surface area contributed by atoms with E-state index in [1.165, 1.54) is 37.0 Å².